The molecule has 0 saturated carbocycles. The summed E-state index contributed by atoms with van der Waals surface area (Å²) in [5.74, 6) is -2.67. The van der Waals surface area contributed by atoms with Gasteiger partial charge < -0.3 is 82.3 Å². The fourth-order valence-electron chi connectivity index (χ4n) is 15.4. The summed E-state index contributed by atoms with van der Waals surface area (Å²) in [4.78, 5) is 87.1. The number of ether oxygens (including phenoxy) is 1. The summed E-state index contributed by atoms with van der Waals surface area (Å²) in [6.07, 6.45) is 34.5. The predicted molar refractivity (Wildman–Crippen MR) is 382 cm³/mol. The van der Waals surface area contributed by atoms with Crippen LogP contribution in [-0.2, 0) is 88.5 Å². The molecule has 0 spiro atoms. The van der Waals surface area contributed by atoms with Crippen LogP contribution in [0.25, 0.3) is 44.2 Å². The lowest BCUT2D eigenvalue weighted by atomic mass is 9.87. The Balaban J connectivity index is 0.000000163. The largest absolute Gasteiger partial charge is 1.00 e. The van der Waals surface area contributed by atoms with Gasteiger partial charge in [0.1, 0.15) is 37.1 Å². The average molecular weight is 1520 g/mol. The lowest BCUT2D eigenvalue weighted by Gasteiger charge is -2.38. The van der Waals surface area contributed by atoms with Crippen LogP contribution in [-0.4, -0.2) is 86.3 Å². The summed E-state index contributed by atoms with van der Waals surface area (Å²) < 4.78 is 22.9. The number of aldehydes is 1. The lowest BCUT2D eigenvalue weighted by Crippen LogP contribution is -3.00. The Morgan fingerprint density at radius 3 is 1.27 bits per heavy atom. The molecule has 3 aromatic carbocycles. The molecule has 0 unspecified atom stereocenters. The van der Waals surface area contributed by atoms with E-state index in [0.29, 0.717) is 37.0 Å². The van der Waals surface area contributed by atoms with E-state index in [0.717, 1.165) is 193 Å². The number of aromatic nitrogens is 3. The number of unbranched alkanes of at least 4 members (excludes halogenated alkanes) is 6. The number of carbonyl (C=O) groups is 5. The highest BCUT2D eigenvalue weighted by Gasteiger charge is 2.30. The Morgan fingerprint density at radius 2 is 0.882 bits per heavy atom. The van der Waals surface area contributed by atoms with Gasteiger partial charge in [-0.2, -0.15) is 0 Å². The monoisotopic (exact) mass is 1520 g/mol. The molecule has 542 valence electrons. The van der Waals surface area contributed by atoms with E-state index in [1.807, 2.05) is 90.3 Å². The van der Waals surface area contributed by atoms with Crippen LogP contribution in [0.15, 0.2) is 122 Å². The molecule has 2 N–H and O–H groups in total. The lowest BCUT2D eigenvalue weighted by molar-refractivity contribution is -0.697. The maximum Gasteiger partial charge on any atom is 0.344 e. The van der Waals surface area contributed by atoms with Crippen LogP contribution in [0.2, 0.25) is 0 Å². The summed E-state index contributed by atoms with van der Waals surface area (Å²) in [7, 11) is 0. The Labute approximate surface area is 617 Å². The number of fused-ring (bicyclic) bond motifs is 4. The molecule has 5 aromatic heterocycles. The molecule has 0 fully saturated rings. The Morgan fingerprint density at radius 1 is 0.510 bits per heavy atom. The number of carboxylic acids is 3. The molecule has 0 saturated heterocycles. The quantitative estimate of drug-likeness (QED) is 0.0263. The molecule has 8 aromatic rings. The molecule has 0 aliphatic carbocycles. The highest BCUT2D eigenvalue weighted by atomic mass is 79.9. The molecule has 21 heteroatoms. The van der Waals surface area contributed by atoms with E-state index in [1.54, 1.807) is 6.92 Å². The smallest absolute Gasteiger partial charge is 0.344 e. The molecule has 0 radical (unpaired) electrons. The van der Waals surface area contributed by atoms with Crippen molar-refractivity contribution in [2.45, 2.75) is 194 Å². The summed E-state index contributed by atoms with van der Waals surface area (Å²) in [6, 6.07) is 22.2. The number of aryl methyl sites for hydroxylation is 8. The minimum atomic E-state index is -0.988. The number of carboxylic acid groups (broad SMARTS) is 3. The maximum atomic E-state index is 12.9. The van der Waals surface area contributed by atoms with Crippen LogP contribution in [0.4, 0.5) is 17.1 Å². The van der Waals surface area contributed by atoms with Gasteiger partial charge in [-0.15, -0.1) is 0 Å². The normalized spacial score (nSPS) is 14.3. The van der Waals surface area contributed by atoms with Crippen LogP contribution in [0, 0.1) is 6.92 Å². The van der Waals surface area contributed by atoms with E-state index in [4.69, 9.17) is 23.8 Å². The van der Waals surface area contributed by atoms with Crippen molar-refractivity contribution in [2.24, 2.45) is 0 Å². The van der Waals surface area contributed by atoms with Gasteiger partial charge in [0.05, 0.1) is 24.2 Å². The van der Waals surface area contributed by atoms with E-state index in [2.05, 4.69) is 49.0 Å². The molecule has 0 atom stereocenters. The first kappa shape index (κ1) is 77.6. The number of carbonyl (C=O) groups excluding carboxylic acids is 3. The number of nitrogens with zero attached hydrogens (tertiary/aromatic N) is 6. The summed E-state index contributed by atoms with van der Waals surface area (Å²) in [5, 5.41) is 29.8. The second-order valence-corrected chi connectivity index (χ2v) is 27.4. The minimum absolute atomic E-state index is 0. The highest BCUT2D eigenvalue weighted by Crippen LogP contribution is 2.43. The van der Waals surface area contributed by atoms with Crippen molar-refractivity contribution in [3.8, 4) is 22.3 Å². The molecule has 102 heavy (non-hydrogen) atoms. The van der Waals surface area contributed by atoms with Crippen molar-refractivity contribution in [1.29, 1.82) is 0 Å². The van der Waals surface area contributed by atoms with Crippen molar-refractivity contribution >= 4 is 69.2 Å². The molecule has 0 bridgehead atoms. The molecule has 0 amide bonds. The second-order valence-electron chi connectivity index (χ2n) is 27.4. The van der Waals surface area contributed by atoms with Gasteiger partial charge in [0.15, 0.2) is 37.2 Å². The number of hydrogen-bond donors (Lipinski definition) is 2. The van der Waals surface area contributed by atoms with Gasteiger partial charge in [0.25, 0.3) is 0 Å². The van der Waals surface area contributed by atoms with Crippen LogP contribution in [0.1, 0.15) is 177 Å². The second kappa shape index (κ2) is 37.6. The van der Waals surface area contributed by atoms with Gasteiger partial charge >= 0.3 is 29.2 Å². The third-order valence-electron chi connectivity index (χ3n) is 20.3. The fourth-order valence-corrected chi connectivity index (χ4v) is 15.4. The zero-order valence-corrected chi connectivity index (χ0v) is 62.1. The summed E-state index contributed by atoms with van der Waals surface area (Å²) >= 11 is 0. The van der Waals surface area contributed by atoms with Crippen LogP contribution in [0.5, 0.6) is 0 Å². The SMILES string of the molecule is CCOC(=O)Cc1cc[n+](CCCCCC(=O)O)cc1.Cc1c(C=O)cc2c3c1CCCN3CCC2.O=C(O)CCCCC[n+]1ccc(-c2cc3cc4c5c(c3oc2=O)CCCN5CCC4)cc1.O=C([O-])CCCCC[n+]1ccc(-c2cc3cc4c5c(c3oc2=O)CCCN5CCC4)cc1.[Br-].[Br-]. The van der Waals surface area contributed by atoms with Crippen molar-refractivity contribution in [1.82, 2.24) is 0 Å². The first-order chi connectivity index (χ1) is 48.6. The van der Waals surface area contributed by atoms with E-state index < -0.39 is 17.9 Å². The zero-order chi connectivity index (χ0) is 70.1. The number of anilines is 3. The topological polar surface area (TPSA) is 240 Å². The van der Waals surface area contributed by atoms with E-state index in [9.17, 15) is 38.7 Å². The van der Waals surface area contributed by atoms with Crippen molar-refractivity contribution in [2.75, 3.05) is 60.6 Å². The van der Waals surface area contributed by atoms with Gasteiger partial charge in [0, 0.05) is 169 Å². The molecular weight excluding hydrogens is 1420 g/mol. The summed E-state index contributed by atoms with van der Waals surface area (Å²) in [6.45, 7) is 13.6. The third kappa shape index (κ3) is 19.8. The van der Waals surface area contributed by atoms with Crippen molar-refractivity contribution in [3.63, 3.8) is 0 Å². The van der Waals surface area contributed by atoms with Crippen LogP contribution < -0.4 is 78.7 Å². The number of pyridine rings is 3. The number of aliphatic carboxylic acids is 3. The van der Waals surface area contributed by atoms with E-state index in [1.165, 1.54) is 94.8 Å². The average Bonchev–Trinajstić information content (AvgIpc) is 0.843. The molecular formula is C81H96Br2N6O13. The number of benzene rings is 3. The third-order valence-corrected chi connectivity index (χ3v) is 20.3. The zero-order valence-electron chi connectivity index (χ0n) is 59.0. The molecule has 11 heterocycles. The highest BCUT2D eigenvalue weighted by molar-refractivity contribution is 5.92. The number of esters is 1. The number of rotatable bonds is 24. The summed E-state index contributed by atoms with van der Waals surface area (Å²) in [5.41, 5.74) is 19.0. The van der Waals surface area contributed by atoms with Gasteiger partial charge in [-0.3, -0.25) is 19.2 Å². The van der Waals surface area contributed by atoms with Gasteiger partial charge in [-0.25, -0.2) is 23.3 Å². The Hall–Kier alpha value is -8.56. The van der Waals surface area contributed by atoms with Crippen molar-refractivity contribution < 1.29 is 101 Å². The molecule has 6 aliphatic rings. The predicted octanol–water partition coefficient (Wildman–Crippen LogP) is 5.09. The first-order valence-corrected chi connectivity index (χ1v) is 36.5. The minimum Gasteiger partial charge on any atom is -1.00 e. The molecule has 6 aliphatic heterocycles. The Bertz CT molecular complexity index is 4170. The van der Waals surface area contributed by atoms with Crippen LogP contribution in [0.3, 0.4) is 0 Å². The molecule has 14 rings (SSSR count). The fraction of sp³-hybridized carbons (Fsp3) is 0.457. The van der Waals surface area contributed by atoms with Gasteiger partial charge in [0.2, 0.25) is 0 Å². The first-order valence-electron chi connectivity index (χ1n) is 36.5. The number of hydrogen-bond acceptors (Lipinski definition) is 14. The van der Waals surface area contributed by atoms with Gasteiger partial charge in [-0.05, 0) is 200 Å². The molecule has 19 nitrogen and oxygen atoms in total. The maximum absolute atomic E-state index is 12.9. The van der Waals surface area contributed by atoms with Crippen molar-refractivity contribution in [3.05, 3.63) is 175 Å². The Kier molecular flexibility index (Phi) is 28.6. The van der Waals surface area contributed by atoms with Gasteiger partial charge in [-0.1, -0.05) is 0 Å². The van der Waals surface area contributed by atoms with Crippen LogP contribution >= 0.6 is 0 Å². The standard InChI is InChI=1S/2C26H28N2O4.C15H21NO4.C14H17NO.2BrH/c2*29-23(30)8-2-1-3-11-27-14-9-18(10-15-27)22-17-20-16-19-6-4-12-28-13-5-7-21(24(19)28)25(20)32-26(22)31;1-2-20-15(19)12-13-7-10-16(11-8-13)9-5-3-4-6-14(17)18;1-10-12(9-16)8-11-4-2-6-15-7-3-5-13(10)14(11)15;;/h2*9-10,14-17H,1-8,11-13H2;7-8,10-11H,2-6,9,12H2,1H3;8-9H,2-7H2,1H3;2*1H. The number of halogens is 2. The van der Waals surface area contributed by atoms with E-state index >= 15 is 0 Å². The van der Waals surface area contributed by atoms with E-state index in [-0.39, 0.29) is 70.4 Å².